The van der Waals surface area contributed by atoms with Crippen LogP contribution in [0.5, 0.6) is 5.75 Å². The van der Waals surface area contributed by atoms with E-state index in [4.69, 9.17) is 4.74 Å². The van der Waals surface area contributed by atoms with E-state index in [0.717, 1.165) is 30.1 Å². The van der Waals surface area contributed by atoms with Crippen LogP contribution in [0.15, 0.2) is 30.5 Å². The number of pyridine rings is 1. The molecule has 0 saturated carbocycles. The molecule has 1 fully saturated rings. The molecule has 0 amide bonds. The first-order valence-corrected chi connectivity index (χ1v) is 6.98. The van der Waals surface area contributed by atoms with E-state index in [1.807, 2.05) is 18.3 Å². The Bertz CT molecular complexity index is 562. The molecule has 3 rings (SSSR count). The summed E-state index contributed by atoms with van der Waals surface area (Å²) in [6, 6.07) is 8.28. The maximum atomic E-state index is 5.27. The minimum atomic E-state index is 0.749. The maximum absolute atomic E-state index is 5.27. The molecule has 19 heavy (non-hydrogen) atoms. The fraction of sp³-hybridized carbons (Fsp3) is 0.438. The molecule has 3 nitrogen and oxygen atoms in total. The van der Waals surface area contributed by atoms with E-state index >= 15 is 0 Å². The average Bonchev–Trinajstić information content (AvgIpc) is 2.47. The topological polar surface area (TPSA) is 34.1 Å². The van der Waals surface area contributed by atoms with Crippen molar-refractivity contribution in [1.82, 2.24) is 10.3 Å². The number of nitrogens with zero attached hydrogens (tertiary/aromatic N) is 1. The number of rotatable bonds is 3. The monoisotopic (exact) mass is 256 g/mol. The Labute approximate surface area is 114 Å². The number of hydrogen-bond donors (Lipinski definition) is 1. The molecule has 1 saturated heterocycles. The van der Waals surface area contributed by atoms with Gasteiger partial charge >= 0.3 is 0 Å². The Hall–Kier alpha value is -1.61. The van der Waals surface area contributed by atoms with E-state index in [-0.39, 0.29) is 0 Å². The van der Waals surface area contributed by atoms with Crippen molar-refractivity contribution in [1.29, 1.82) is 0 Å². The van der Waals surface area contributed by atoms with Gasteiger partial charge in [-0.05, 0) is 68.1 Å². The van der Waals surface area contributed by atoms with Crippen LogP contribution in [0.1, 0.15) is 18.4 Å². The number of benzene rings is 1. The minimum absolute atomic E-state index is 0.749. The third kappa shape index (κ3) is 2.87. The van der Waals surface area contributed by atoms with Gasteiger partial charge in [0.25, 0.3) is 0 Å². The third-order valence-corrected chi connectivity index (χ3v) is 3.87. The quantitative estimate of drug-likeness (QED) is 0.917. The Morgan fingerprint density at radius 1 is 1.37 bits per heavy atom. The van der Waals surface area contributed by atoms with Gasteiger partial charge < -0.3 is 10.1 Å². The number of piperidine rings is 1. The number of ether oxygens (including phenoxy) is 1. The highest BCUT2D eigenvalue weighted by Crippen LogP contribution is 2.22. The van der Waals surface area contributed by atoms with Crippen LogP contribution >= 0.6 is 0 Å². The lowest BCUT2D eigenvalue weighted by Crippen LogP contribution is -2.30. The van der Waals surface area contributed by atoms with Crippen LogP contribution in [0.2, 0.25) is 0 Å². The lowest BCUT2D eigenvalue weighted by Gasteiger charge is -2.22. The molecular formula is C16H20N2O. The van der Waals surface area contributed by atoms with Crippen LogP contribution in [-0.2, 0) is 6.42 Å². The molecule has 100 valence electrons. The standard InChI is InChI=1S/C16H20N2O/c1-19-15-4-5-16-14(9-15)8-13(11-18-16)7-12-3-2-6-17-10-12/h4-5,8-9,11-12,17H,2-3,6-7,10H2,1H3. The number of fused-ring (bicyclic) bond motifs is 1. The zero-order valence-corrected chi connectivity index (χ0v) is 11.4. The van der Waals surface area contributed by atoms with Gasteiger partial charge in [-0.15, -0.1) is 0 Å². The lowest BCUT2D eigenvalue weighted by atomic mass is 9.92. The van der Waals surface area contributed by atoms with Crippen LogP contribution in [0.4, 0.5) is 0 Å². The second-order valence-corrected chi connectivity index (χ2v) is 5.32. The molecule has 0 aliphatic carbocycles. The Morgan fingerprint density at radius 2 is 2.32 bits per heavy atom. The largest absolute Gasteiger partial charge is 0.497 e. The normalized spacial score (nSPS) is 19.5. The van der Waals surface area contributed by atoms with Gasteiger partial charge in [0.15, 0.2) is 0 Å². The van der Waals surface area contributed by atoms with Gasteiger partial charge in [-0.25, -0.2) is 0 Å². The molecule has 1 aliphatic heterocycles. The van der Waals surface area contributed by atoms with Crippen molar-refractivity contribution in [3.8, 4) is 5.75 Å². The molecule has 1 aromatic heterocycles. The van der Waals surface area contributed by atoms with Gasteiger partial charge in [0, 0.05) is 11.6 Å². The van der Waals surface area contributed by atoms with E-state index in [0.29, 0.717) is 0 Å². The fourth-order valence-corrected chi connectivity index (χ4v) is 2.83. The van der Waals surface area contributed by atoms with Crippen LogP contribution in [0, 0.1) is 5.92 Å². The highest BCUT2D eigenvalue weighted by atomic mass is 16.5. The molecule has 1 N–H and O–H groups in total. The van der Waals surface area contributed by atoms with Gasteiger partial charge in [-0.1, -0.05) is 0 Å². The van der Waals surface area contributed by atoms with Crippen LogP contribution in [0.3, 0.4) is 0 Å². The van der Waals surface area contributed by atoms with E-state index in [9.17, 15) is 0 Å². The van der Waals surface area contributed by atoms with Crippen molar-refractivity contribution in [2.24, 2.45) is 5.92 Å². The summed E-state index contributed by atoms with van der Waals surface area (Å²) in [5.74, 6) is 1.64. The second-order valence-electron chi connectivity index (χ2n) is 5.32. The van der Waals surface area contributed by atoms with Crippen LogP contribution in [-0.4, -0.2) is 25.2 Å². The Kier molecular flexibility index (Phi) is 3.65. The Balaban J connectivity index is 1.83. The van der Waals surface area contributed by atoms with E-state index in [2.05, 4.69) is 22.4 Å². The second kappa shape index (κ2) is 5.57. The summed E-state index contributed by atoms with van der Waals surface area (Å²) in [5, 5.41) is 4.64. The summed E-state index contributed by atoms with van der Waals surface area (Å²) in [5.41, 5.74) is 2.36. The van der Waals surface area contributed by atoms with E-state index < -0.39 is 0 Å². The van der Waals surface area contributed by atoms with Crippen molar-refractivity contribution < 1.29 is 4.74 Å². The van der Waals surface area contributed by atoms with Gasteiger partial charge in [-0.3, -0.25) is 4.98 Å². The highest BCUT2D eigenvalue weighted by Gasteiger charge is 2.13. The molecule has 0 bridgehead atoms. The molecule has 0 spiro atoms. The summed E-state index contributed by atoms with van der Waals surface area (Å²) in [4.78, 5) is 4.55. The predicted octanol–water partition coefficient (Wildman–Crippen LogP) is 2.79. The molecule has 1 unspecified atom stereocenters. The first kappa shape index (κ1) is 12.4. The van der Waals surface area contributed by atoms with Crippen LogP contribution < -0.4 is 10.1 Å². The SMILES string of the molecule is COc1ccc2ncc(CC3CCCNC3)cc2c1. The van der Waals surface area contributed by atoms with Crippen molar-refractivity contribution in [3.05, 3.63) is 36.0 Å². The van der Waals surface area contributed by atoms with E-state index in [1.54, 1.807) is 7.11 Å². The Morgan fingerprint density at radius 3 is 3.11 bits per heavy atom. The van der Waals surface area contributed by atoms with Gasteiger partial charge in [0.1, 0.15) is 5.75 Å². The smallest absolute Gasteiger partial charge is 0.119 e. The fourth-order valence-electron chi connectivity index (χ4n) is 2.83. The van der Waals surface area contributed by atoms with Crippen LogP contribution in [0.25, 0.3) is 10.9 Å². The molecule has 2 heterocycles. The predicted molar refractivity (Wildman–Crippen MR) is 77.6 cm³/mol. The number of hydrogen-bond acceptors (Lipinski definition) is 3. The summed E-state index contributed by atoms with van der Waals surface area (Å²) < 4.78 is 5.27. The van der Waals surface area contributed by atoms with Gasteiger partial charge in [0.2, 0.25) is 0 Å². The van der Waals surface area contributed by atoms with Crippen molar-refractivity contribution in [3.63, 3.8) is 0 Å². The zero-order chi connectivity index (χ0) is 13.1. The van der Waals surface area contributed by atoms with Gasteiger partial charge in [0.05, 0.1) is 12.6 Å². The first-order chi connectivity index (χ1) is 9.35. The van der Waals surface area contributed by atoms with Crippen molar-refractivity contribution in [2.75, 3.05) is 20.2 Å². The molecule has 2 aromatic rings. The molecule has 0 radical (unpaired) electrons. The zero-order valence-electron chi connectivity index (χ0n) is 11.4. The molecule has 1 aromatic carbocycles. The van der Waals surface area contributed by atoms with Gasteiger partial charge in [-0.2, -0.15) is 0 Å². The molecule has 1 atom stereocenters. The molecule has 3 heteroatoms. The minimum Gasteiger partial charge on any atom is -0.497 e. The van der Waals surface area contributed by atoms with E-state index in [1.165, 1.54) is 30.3 Å². The number of methoxy groups -OCH3 is 1. The summed E-state index contributed by atoms with van der Waals surface area (Å²) in [6.07, 6.45) is 5.75. The number of aromatic nitrogens is 1. The summed E-state index contributed by atoms with van der Waals surface area (Å²) in [6.45, 7) is 2.31. The summed E-state index contributed by atoms with van der Waals surface area (Å²) in [7, 11) is 1.70. The van der Waals surface area contributed by atoms with Crippen molar-refractivity contribution in [2.45, 2.75) is 19.3 Å². The lowest BCUT2D eigenvalue weighted by molar-refractivity contribution is 0.376. The summed E-state index contributed by atoms with van der Waals surface area (Å²) >= 11 is 0. The molecular weight excluding hydrogens is 236 g/mol. The first-order valence-electron chi connectivity index (χ1n) is 6.98. The third-order valence-electron chi connectivity index (χ3n) is 3.87. The highest BCUT2D eigenvalue weighted by molar-refractivity contribution is 5.80. The maximum Gasteiger partial charge on any atom is 0.119 e. The number of nitrogens with one attached hydrogen (secondary N) is 1. The average molecular weight is 256 g/mol. The molecule has 1 aliphatic rings. The van der Waals surface area contributed by atoms with Crippen molar-refractivity contribution >= 4 is 10.9 Å².